The Labute approximate surface area is 105 Å². The van der Waals surface area contributed by atoms with E-state index in [4.69, 9.17) is 9.47 Å². The normalized spacial score (nSPS) is 9.50. The summed E-state index contributed by atoms with van der Waals surface area (Å²) in [6, 6.07) is 6.35. The van der Waals surface area contributed by atoms with E-state index in [2.05, 4.69) is 4.74 Å². The monoisotopic (exact) mass is 253 g/mol. The summed E-state index contributed by atoms with van der Waals surface area (Å²) in [6.45, 7) is 1.87. The molecule has 0 atom stereocenters. The van der Waals surface area contributed by atoms with E-state index in [9.17, 15) is 9.59 Å². The minimum Gasteiger partial charge on any atom is -0.434 e. The van der Waals surface area contributed by atoms with Gasteiger partial charge in [0, 0.05) is 14.1 Å². The highest BCUT2D eigenvalue weighted by atomic mass is 16.7. The van der Waals surface area contributed by atoms with Gasteiger partial charge < -0.3 is 19.1 Å². The van der Waals surface area contributed by atoms with Crippen LogP contribution < -0.4 is 9.47 Å². The minimum atomic E-state index is -0.842. The van der Waals surface area contributed by atoms with E-state index >= 15 is 0 Å². The van der Waals surface area contributed by atoms with Crippen LogP contribution in [0.4, 0.5) is 9.59 Å². The van der Waals surface area contributed by atoms with Crippen molar-refractivity contribution in [1.29, 1.82) is 0 Å². The lowest BCUT2D eigenvalue weighted by atomic mass is 10.3. The van der Waals surface area contributed by atoms with Crippen LogP contribution in [0.1, 0.15) is 6.92 Å². The highest BCUT2D eigenvalue weighted by Crippen LogP contribution is 2.27. The quantitative estimate of drug-likeness (QED) is 0.610. The number of hydrogen-bond acceptors (Lipinski definition) is 5. The fourth-order valence-corrected chi connectivity index (χ4v) is 1.04. The summed E-state index contributed by atoms with van der Waals surface area (Å²) in [5.41, 5.74) is 0. The number of carbonyl (C=O) groups excluding carboxylic acids is 2. The molecule has 1 aromatic carbocycles. The third kappa shape index (κ3) is 3.97. The average molecular weight is 253 g/mol. The van der Waals surface area contributed by atoms with E-state index in [1.165, 1.54) is 17.0 Å². The number of para-hydroxylation sites is 2. The average Bonchev–Trinajstić information content (AvgIpc) is 2.31. The lowest BCUT2D eigenvalue weighted by Gasteiger charge is -2.13. The number of rotatable bonds is 3. The van der Waals surface area contributed by atoms with Crippen LogP contribution in [0.3, 0.4) is 0 Å². The molecule has 6 nitrogen and oxygen atoms in total. The van der Waals surface area contributed by atoms with Crippen LogP contribution in [0.2, 0.25) is 0 Å². The molecule has 18 heavy (non-hydrogen) atoms. The molecule has 6 heteroatoms. The molecular weight excluding hydrogens is 238 g/mol. The van der Waals surface area contributed by atoms with Gasteiger partial charge in [0.05, 0.1) is 6.61 Å². The van der Waals surface area contributed by atoms with E-state index in [0.29, 0.717) is 0 Å². The van der Waals surface area contributed by atoms with Gasteiger partial charge in [0.15, 0.2) is 11.5 Å². The highest BCUT2D eigenvalue weighted by Gasteiger charge is 2.14. The largest absolute Gasteiger partial charge is 0.513 e. The standard InChI is InChI=1S/C12H15NO5/c1-4-16-12(15)18-10-8-6-5-7-9(10)17-11(14)13(2)3/h5-8H,4H2,1-3H3. The fraction of sp³-hybridized carbons (Fsp3) is 0.333. The molecule has 1 rings (SSSR count). The van der Waals surface area contributed by atoms with Crippen LogP contribution in [0.15, 0.2) is 24.3 Å². The first-order valence-corrected chi connectivity index (χ1v) is 5.37. The van der Waals surface area contributed by atoms with Crippen molar-refractivity contribution in [1.82, 2.24) is 4.90 Å². The predicted molar refractivity (Wildman–Crippen MR) is 63.8 cm³/mol. The third-order valence-corrected chi connectivity index (χ3v) is 1.87. The Kier molecular flexibility index (Phi) is 4.98. The molecule has 98 valence electrons. The molecule has 0 spiro atoms. The van der Waals surface area contributed by atoms with Crippen LogP contribution >= 0.6 is 0 Å². The summed E-state index contributed by atoms with van der Waals surface area (Å²) in [6.07, 6.45) is -1.40. The van der Waals surface area contributed by atoms with Gasteiger partial charge in [-0.2, -0.15) is 0 Å². The summed E-state index contributed by atoms with van der Waals surface area (Å²) in [7, 11) is 3.11. The number of ether oxygens (including phenoxy) is 3. The molecule has 1 amide bonds. The summed E-state index contributed by atoms with van der Waals surface area (Å²) in [4.78, 5) is 23.9. The Hall–Kier alpha value is -2.24. The lowest BCUT2D eigenvalue weighted by Crippen LogP contribution is -2.25. The Morgan fingerprint density at radius 1 is 1.11 bits per heavy atom. The van der Waals surface area contributed by atoms with Gasteiger partial charge in [-0.1, -0.05) is 12.1 Å². The molecular formula is C12H15NO5. The van der Waals surface area contributed by atoms with Crippen molar-refractivity contribution in [2.75, 3.05) is 20.7 Å². The highest BCUT2D eigenvalue weighted by molar-refractivity contribution is 5.72. The van der Waals surface area contributed by atoms with Gasteiger partial charge in [0.2, 0.25) is 0 Å². The number of nitrogens with zero attached hydrogens (tertiary/aromatic N) is 1. The van der Waals surface area contributed by atoms with E-state index in [0.717, 1.165) is 0 Å². The van der Waals surface area contributed by atoms with E-state index < -0.39 is 12.2 Å². The minimum absolute atomic E-state index is 0.131. The molecule has 0 aliphatic carbocycles. The summed E-state index contributed by atoms with van der Waals surface area (Å²) < 4.78 is 14.6. The van der Waals surface area contributed by atoms with Crippen LogP contribution in [-0.4, -0.2) is 37.9 Å². The first-order valence-electron chi connectivity index (χ1n) is 5.37. The summed E-state index contributed by atoms with van der Waals surface area (Å²) in [5.74, 6) is 0.287. The second-order valence-corrected chi connectivity index (χ2v) is 3.49. The molecule has 0 N–H and O–H groups in total. The maximum Gasteiger partial charge on any atom is 0.513 e. The molecule has 0 saturated heterocycles. The second-order valence-electron chi connectivity index (χ2n) is 3.49. The van der Waals surface area contributed by atoms with Crippen LogP contribution in [0.25, 0.3) is 0 Å². The zero-order valence-corrected chi connectivity index (χ0v) is 10.5. The van der Waals surface area contributed by atoms with Crippen molar-refractivity contribution >= 4 is 12.2 Å². The smallest absolute Gasteiger partial charge is 0.434 e. The first kappa shape index (κ1) is 13.8. The Morgan fingerprint density at radius 2 is 1.67 bits per heavy atom. The maximum absolute atomic E-state index is 11.4. The van der Waals surface area contributed by atoms with Gasteiger partial charge in [-0.25, -0.2) is 9.59 Å². The molecule has 1 aromatic rings. The molecule has 0 saturated carbocycles. The van der Waals surface area contributed by atoms with Crippen LogP contribution in [-0.2, 0) is 4.74 Å². The third-order valence-electron chi connectivity index (χ3n) is 1.87. The number of hydrogen-bond donors (Lipinski definition) is 0. The maximum atomic E-state index is 11.4. The van der Waals surface area contributed by atoms with Gasteiger partial charge in [0.1, 0.15) is 0 Å². The predicted octanol–water partition coefficient (Wildman–Crippen LogP) is 2.28. The summed E-state index contributed by atoms with van der Waals surface area (Å²) >= 11 is 0. The molecule has 0 fully saturated rings. The lowest BCUT2D eigenvalue weighted by molar-refractivity contribution is 0.102. The fourth-order valence-electron chi connectivity index (χ4n) is 1.04. The molecule has 0 unspecified atom stereocenters. The SMILES string of the molecule is CCOC(=O)Oc1ccccc1OC(=O)N(C)C. The number of benzene rings is 1. The van der Waals surface area contributed by atoms with E-state index in [-0.39, 0.29) is 18.1 Å². The van der Waals surface area contributed by atoms with Gasteiger partial charge in [-0.05, 0) is 19.1 Å². The topological polar surface area (TPSA) is 65.1 Å². The number of carbonyl (C=O) groups is 2. The van der Waals surface area contributed by atoms with Gasteiger partial charge in [-0.3, -0.25) is 0 Å². The molecule has 0 heterocycles. The van der Waals surface area contributed by atoms with Crippen molar-refractivity contribution in [2.45, 2.75) is 6.92 Å². The van der Waals surface area contributed by atoms with E-state index in [1.54, 1.807) is 33.2 Å². The first-order chi connectivity index (χ1) is 8.54. The summed E-state index contributed by atoms with van der Waals surface area (Å²) in [5, 5.41) is 0. The molecule has 0 aliphatic heterocycles. The van der Waals surface area contributed by atoms with Crippen LogP contribution in [0, 0.1) is 0 Å². The zero-order valence-electron chi connectivity index (χ0n) is 10.5. The van der Waals surface area contributed by atoms with Gasteiger partial charge in [0.25, 0.3) is 0 Å². The Bertz CT molecular complexity index is 430. The van der Waals surface area contributed by atoms with Gasteiger partial charge >= 0.3 is 12.2 Å². The van der Waals surface area contributed by atoms with Crippen molar-refractivity contribution in [2.24, 2.45) is 0 Å². The second kappa shape index (κ2) is 6.48. The van der Waals surface area contributed by atoms with Crippen molar-refractivity contribution in [3.8, 4) is 11.5 Å². The number of amides is 1. The zero-order chi connectivity index (χ0) is 13.5. The van der Waals surface area contributed by atoms with Gasteiger partial charge in [-0.15, -0.1) is 0 Å². The van der Waals surface area contributed by atoms with Crippen molar-refractivity contribution in [3.63, 3.8) is 0 Å². The molecule has 0 aliphatic rings. The molecule has 0 radical (unpaired) electrons. The Morgan fingerprint density at radius 3 is 2.17 bits per heavy atom. The molecule has 0 bridgehead atoms. The van der Waals surface area contributed by atoms with Crippen molar-refractivity contribution < 1.29 is 23.8 Å². The van der Waals surface area contributed by atoms with Crippen molar-refractivity contribution in [3.05, 3.63) is 24.3 Å². The van der Waals surface area contributed by atoms with Crippen LogP contribution in [0.5, 0.6) is 11.5 Å². The molecule has 0 aromatic heterocycles. The Balaban J connectivity index is 2.79. The van der Waals surface area contributed by atoms with E-state index in [1.807, 2.05) is 0 Å².